The fourth-order valence-electron chi connectivity index (χ4n) is 3.20. The third-order valence-electron chi connectivity index (χ3n) is 4.84. The van der Waals surface area contributed by atoms with Crippen molar-refractivity contribution in [2.75, 3.05) is 13.1 Å². The number of ether oxygens (including phenoxy) is 1. The van der Waals surface area contributed by atoms with E-state index in [0.717, 1.165) is 22.2 Å². The van der Waals surface area contributed by atoms with E-state index in [0.29, 0.717) is 25.9 Å². The molecule has 0 saturated carbocycles. The van der Waals surface area contributed by atoms with Crippen LogP contribution in [-0.2, 0) is 22.3 Å². The van der Waals surface area contributed by atoms with Gasteiger partial charge < -0.3 is 9.64 Å². The maximum atomic E-state index is 12.6. The molecule has 0 aliphatic carbocycles. The molecule has 0 aromatic heterocycles. The van der Waals surface area contributed by atoms with E-state index >= 15 is 0 Å². The van der Waals surface area contributed by atoms with Crippen molar-refractivity contribution in [1.82, 2.24) is 4.90 Å². The molecule has 0 radical (unpaired) electrons. The van der Waals surface area contributed by atoms with Gasteiger partial charge in [-0.1, -0.05) is 28.1 Å². The van der Waals surface area contributed by atoms with E-state index in [1.54, 1.807) is 4.90 Å². The number of benzene rings is 2. The Bertz CT molecular complexity index is 875. The van der Waals surface area contributed by atoms with Crippen LogP contribution in [0.3, 0.4) is 0 Å². The van der Waals surface area contributed by atoms with Crippen molar-refractivity contribution in [1.29, 1.82) is 0 Å². The number of halogens is 4. The van der Waals surface area contributed by atoms with Gasteiger partial charge in [-0.2, -0.15) is 13.2 Å². The molecule has 3 rings (SSSR count). The third-order valence-corrected chi connectivity index (χ3v) is 5.34. The van der Waals surface area contributed by atoms with Gasteiger partial charge >= 0.3 is 12.1 Å². The van der Waals surface area contributed by atoms with Gasteiger partial charge in [0, 0.05) is 23.1 Å². The van der Waals surface area contributed by atoms with E-state index in [1.165, 1.54) is 12.1 Å². The molecule has 0 N–H and O–H groups in total. The zero-order valence-corrected chi connectivity index (χ0v) is 17.0. The summed E-state index contributed by atoms with van der Waals surface area (Å²) in [6.07, 6.45) is -3.51. The minimum absolute atomic E-state index is 0.184. The second-order valence-electron chi connectivity index (χ2n) is 6.88. The number of hydrogen-bond donors (Lipinski definition) is 0. The molecule has 2 aromatic rings. The highest BCUT2D eigenvalue weighted by Crippen LogP contribution is 2.29. The molecule has 1 saturated heterocycles. The predicted octanol–water partition coefficient (Wildman–Crippen LogP) is 5.06. The van der Waals surface area contributed by atoms with Gasteiger partial charge in [-0.05, 0) is 54.8 Å². The van der Waals surface area contributed by atoms with Crippen LogP contribution in [0.25, 0.3) is 0 Å². The number of nitrogens with zero attached hydrogens (tertiary/aromatic N) is 1. The highest BCUT2D eigenvalue weighted by atomic mass is 79.9. The van der Waals surface area contributed by atoms with Crippen molar-refractivity contribution >= 4 is 27.8 Å². The van der Waals surface area contributed by atoms with E-state index in [1.807, 2.05) is 24.3 Å². The smallest absolute Gasteiger partial charge is 0.416 e. The van der Waals surface area contributed by atoms with Crippen LogP contribution in [0.1, 0.15) is 34.3 Å². The Balaban J connectivity index is 1.50. The first-order valence-corrected chi connectivity index (χ1v) is 9.91. The second kappa shape index (κ2) is 8.98. The van der Waals surface area contributed by atoms with Gasteiger partial charge in [-0.3, -0.25) is 9.59 Å². The number of piperidine rings is 1. The number of likely N-dealkylation sites (tertiary alicyclic amines) is 1. The van der Waals surface area contributed by atoms with Crippen LogP contribution in [-0.4, -0.2) is 29.9 Å². The number of esters is 1. The first-order valence-electron chi connectivity index (χ1n) is 9.11. The first-order chi connectivity index (χ1) is 13.7. The van der Waals surface area contributed by atoms with Crippen LogP contribution in [0.2, 0.25) is 0 Å². The van der Waals surface area contributed by atoms with Crippen LogP contribution in [0, 0.1) is 5.92 Å². The average molecular weight is 470 g/mol. The SMILES string of the molecule is O=C(OCc1cccc(Br)c1)C1CCN(C(=O)c2ccc(C(F)(F)F)cc2)CC1. The van der Waals surface area contributed by atoms with Crippen molar-refractivity contribution in [2.24, 2.45) is 5.92 Å². The Kier molecular flexibility index (Phi) is 6.62. The minimum Gasteiger partial charge on any atom is -0.461 e. The summed E-state index contributed by atoms with van der Waals surface area (Å²) in [6, 6.07) is 11.7. The van der Waals surface area contributed by atoms with E-state index in [4.69, 9.17) is 4.74 Å². The summed E-state index contributed by atoms with van der Waals surface area (Å²) < 4.78 is 44.2. The fraction of sp³-hybridized carbons (Fsp3) is 0.333. The van der Waals surface area contributed by atoms with E-state index in [9.17, 15) is 22.8 Å². The van der Waals surface area contributed by atoms with Crippen molar-refractivity contribution in [3.63, 3.8) is 0 Å². The number of alkyl halides is 3. The number of carbonyl (C=O) groups excluding carboxylic acids is 2. The molecule has 0 spiro atoms. The molecule has 29 heavy (non-hydrogen) atoms. The van der Waals surface area contributed by atoms with Crippen molar-refractivity contribution in [3.8, 4) is 0 Å². The molecule has 154 valence electrons. The lowest BCUT2D eigenvalue weighted by Crippen LogP contribution is -2.40. The molecule has 1 heterocycles. The number of rotatable bonds is 4. The molecule has 2 aromatic carbocycles. The molecule has 0 bridgehead atoms. The predicted molar refractivity (Wildman–Crippen MR) is 104 cm³/mol. The van der Waals surface area contributed by atoms with Crippen LogP contribution in [0.4, 0.5) is 13.2 Å². The topological polar surface area (TPSA) is 46.6 Å². The van der Waals surface area contributed by atoms with Crippen molar-refractivity contribution in [2.45, 2.75) is 25.6 Å². The summed E-state index contributed by atoms with van der Waals surface area (Å²) in [5, 5.41) is 0. The van der Waals surface area contributed by atoms with Crippen LogP contribution in [0.5, 0.6) is 0 Å². The molecule has 1 aliphatic rings. The molecule has 8 heteroatoms. The van der Waals surface area contributed by atoms with Gasteiger partial charge in [0.05, 0.1) is 11.5 Å². The Hall–Kier alpha value is -2.35. The summed E-state index contributed by atoms with van der Waals surface area (Å²) in [7, 11) is 0. The first kappa shape index (κ1) is 21.4. The molecule has 0 atom stereocenters. The van der Waals surface area contributed by atoms with Gasteiger partial charge in [-0.25, -0.2) is 0 Å². The Morgan fingerprint density at radius 1 is 1.07 bits per heavy atom. The molecule has 1 fully saturated rings. The van der Waals surface area contributed by atoms with Gasteiger partial charge in [-0.15, -0.1) is 0 Å². The standard InChI is InChI=1S/C21H19BrF3NO3/c22-18-3-1-2-14(12-18)13-29-20(28)16-8-10-26(11-9-16)19(27)15-4-6-17(7-5-15)21(23,24)25/h1-7,12,16H,8-11,13H2. The molecule has 1 aliphatic heterocycles. The summed E-state index contributed by atoms with van der Waals surface area (Å²) in [4.78, 5) is 26.4. The van der Waals surface area contributed by atoms with Gasteiger partial charge in [0.15, 0.2) is 0 Å². The van der Waals surface area contributed by atoms with Crippen LogP contribution < -0.4 is 0 Å². The molecule has 0 unspecified atom stereocenters. The maximum absolute atomic E-state index is 12.6. The van der Waals surface area contributed by atoms with Gasteiger partial charge in [0.2, 0.25) is 0 Å². The summed E-state index contributed by atoms with van der Waals surface area (Å²) >= 11 is 3.37. The Morgan fingerprint density at radius 3 is 2.31 bits per heavy atom. The second-order valence-corrected chi connectivity index (χ2v) is 7.79. The monoisotopic (exact) mass is 469 g/mol. The Labute approximate surface area is 174 Å². The largest absolute Gasteiger partial charge is 0.461 e. The van der Waals surface area contributed by atoms with E-state index in [-0.39, 0.29) is 30.0 Å². The summed E-state index contributed by atoms with van der Waals surface area (Å²) in [6.45, 7) is 0.899. The third kappa shape index (κ3) is 5.59. The summed E-state index contributed by atoms with van der Waals surface area (Å²) in [5.74, 6) is -0.926. The number of hydrogen-bond acceptors (Lipinski definition) is 3. The Morgan fingerprint density at radius 2 is 1.72 bits per heavy atom. The number of amides is 1. The summed E-state index contributed by atoms with van der Waals surface area (Å²) in [5.41, 5.74) is 0.289. The zero-order chi connectivity index (χ0) is 21.0. The lowest BCUT2D eigenvalue weighted by Gasteiger charge is -2.31. The molecular formula is C21H19BrF3NO3. The highest BCUT2D eigenvalue weighted by Gasteiger charge is 2.31. The van der Waals surface area contributed by atoms with Crippen LogP contribution >= 0.6 is 15.9 Å². The van der Waals surface area contributed by atoms with Crippen molar-refractivity contribution < 1.29 is 27.5 Å². The zero-order valence-electron chi connectivity index (χ0n) is 15.4. The maximum Gasteiger partial charge on any atom is 0.416 e. The van der Waals surface area contributed by atoms with E-state index < -0.39 is 11.7 Å². The average Bonchev–Trinajstić information content (AvgIpc) is 2.71. The van der Waals surface area contributed by atoms with Gasteiger partial charge in [0.1, 0.15) is 6.61 Å². The lowest BCUT2D eigenvalue weighted by atomic mass is 9.96. The van der Waals surface area contributed by atoms with E-state index in [2.05, 4.69) is 15.9 Å². The van der Waals surface area contributed by atoms with Gasteiger partial charge in [0.25, 0.3) is 5.91 Å². The minimum atomic E-state index is -4.43. The quantitative estimate of drug-likeness (QED) is 0.587. The molecular weight excluding hydrogens is 451 g/mol. The highest BCUT2D eigenvalue weighted by molar-refractivity contribution is 9.10. The molecule has 4 nitrogen and oxygen atoms in total. The van der Waals surface area contributed by atoms with Crippen molar-refractivity contribution in [3.05, 3.63) is 69.7 Å². The lowest BCUT2D eigenvalue weighted by molar-refractivity contribution is -0.151. The fourth-order valence-corrected chi connectivity index (χ4v) is 3.65. The number of carbonyl (C=O) groups is 2. The molecule has 1 amide bonds. The normalized spacial score (nSPS) is 15.2. The van der Waals surface area contributed by atoms with Crippen LogP contribution in [0.15, 0.2) is 53.0 Å².